The molecule has 0 aromatic rings. The largest absolute Gasteiger partial charge is 0.483 e. The van der Waals surface area contributed by atoms with Crippen molar-refractivity contribution in [1.29, 1.82) is 0 Å². The summed E-state index contributed by atoms with van der Waals surface area (Å²) in [6.45, 7) is 9.79. The number of hydrogen-bond acceptors (Lipinski definition) is 1. The number of rotatable bonds is 4. The van der Waals surface area contributed by atoms with Gasteiger partial charge in [-0.2, -0.15) is 20.3 Å². The molecule has 0 saturated heterocycles. The van der Waals surface area contributed by atoms with E-state index in [2.05, 4.69) is 20.8 Å². The zero-order chi connectivity index (χ0) is 7.28. The van der Waals surface area contributed by atoms with Crippen LogP contribution in [0.25, 0.3) is 0 Å². The van der Waals surface area contributed by atoms with E-state index in [0.717, 1.165) is 12.8 Å². The Kier molecular flexibility index (Phi) is 18.1. The summed E-state index contributed by atoms with van der Waals surface area (Å²) in [5, 5.41) is 0. The Morgan fingerprint density at radius 3 is 2.09 bits per heavy atom. The molecule has 0 aromatic carbocycles. The van der Waals surface area contributed by atoms with Crippen molar-refractivity contribution in [3.05, 3.63) is 26.8 Å². The van der Waals surface area contributed by atoms with Crippen LogP contribution in [0.5, 0.6) is 0 Å². The van der Waals surface area contributed by atoms with Gasteiger partial charge in [0.15, 0.2) is 0 Å². The molecule has 0 rings (SSSR count). The first kappa shape index (κ1) is 18.0. The zero-order valence-electron chi connectivity index (χ0n) is 7.93. The van der Waals surface area contributed by atoms with E-state index in [1.54, 1.807) is 6.54 Å². The summed E-state index contributed by atoms with van der Waals surface area (Å²) in [7, 11) is 0. The van der Waals surface area contributed by atoms with Gasteiger partial charge in [0, 0.05) is 32.7 Å². The average Bonchev–Trinajstić information content (AvgIpc) is 1.82. The fourth-order valence-electron chi connectivity index (χ4n) is 0.806. The van der Waals surface area contributed by atoms with Crippen molar-refractivity contribution in [3.8, 4) is 0 Å². The van der Waals surface area contributed by atoms with Gasteiger partial charge in [-0.3, -0.25) is 6.54 Å². The third-order valence-electron chi connectivity index (χ3n) is 1.59. The second kappa shape index (κ2) is 11.1. The summed E-state index contributed by atoms with van der Waals surface area (Å²) in [6.07, 6.45) is 1.92. The van der Waals surface area contributed by atoms with Crippen molar-refractivity contribution >= 4 is 0 Å². The zero-order valence-corrected chi connectivity index (χ0v) is 10.8. The smallest absolute Gasteiger partial charge is 0 e. The maximum atomic E-state index is 5.28. The predicted octanol–water partition coefficient (Wildman–Crippen LogP) is 2.40. The predicted molar refractivity (Wildman–Crippen MR) is 47.6 cm³/mol. The van der Waals surface area contributed by atoms with Crippen LogP contribution in [0, 0.1) is 32.7 Å². The molecular formula is C9H19NY-4. The third-order valence-corrected chi connectivity index (χ3v) is 1.59. The Morgan fingerprint density at radius 1 is 1.55 bits per heavy atom. The molecule has 0 amide bonds. The maximum Gasteiger partial charge on any atom is 0 e. The first-order chi connectivity index (χ1) is 4.22. The molecule has 2 N–H and O–H groups in total. The van der Waals surface area contributed by atoms with Crippen molar-refractivity contribution in [2.75, 3.05) is 0 Å². The molecule has 0 aliphatic rings. The SMILES string of the molecule is [CH2-]CC(C[CH-]N)[C-](C)C.[CH3-].[Y]. The molecule has 0 spiro atoms. The molecule has 1 nitrogen and oxygen atoms in total. The molecule has 0 aliphatic carbocycles. The molecule has 1 unspecified atom stereocenters. The third kappa shape index (κ3) is 8.97. The second-order valence-corrected chi connectivity index (χ2v) is 2.53. The quantitative estimate of drug-likeness (QED) is 0.737. The van der Waals surface area contributed by atoms with E-state index in [-0.39, 0.29) is 40.1 Å². The standard InChI is InChI=1S/C8H16N.CH3.Y/c1-4-8(5-6-9)7(2)3;;/h6,8H,1,4-5,9H2,2-3H3;1H3;/q-3;-1;. The minimum atomic E-state index is 0. The Bertz CT molecular complexity index is 64.6. The van der Waals surface area contributed by atoms with E-state index in [4.69, 9.17) is 5.73 Å². The van der Waals surface area contributed by atoms with Gasteiger partial charge in [0.05, 0.1) is 0 Å². The topological polar surface area (TPSA) is 26.0 Å². The van der Waals surface area contributed by atoms with Crippen molar-refractivity contribution in [1.82, 2.24) is 0 Å². The minimum Gasteiger partial charge on any atom is -0.483 e. The van der Waals surface area contributed by atoms with Gasteiger partial charge < -0.3 is 26.0 Å². The van der Waals surface area contributed by atoms with Crippen LogP contribution in [0.1, 0.15) is 26.7 Å². The first-order valence-corrected chi connectivity index (χ1v) is 3.35. The molecule has 0 saturated carbocycles. The molecule has 0 aliphatic heterocycles. The normalized spacial score (nSPS) is 11.7. The summed E-state index contributed by atoms with van der Waals surface area (Å²) in [6, 6.07) is 0. The van der Waals surface area contributed by atoms with Crippen molar-refractivity contribution in [3.63, 3.8) is 0 Å². The minimum absolute atomic E-state index is 0. The Morgan fingerprint density at radius 2 is 2.00 bits per heavy atom. The molecule has 0 heterocycles. The van der Waals surface area contributed by atoms with Crippen LogP contribution in [0.15, 0.2) is 0 Å². The molecule has 0 fully saturated rings. The molecular weight excluding hydrogens is 211 g/mol. The Hall–Kier alpha value is 1.06. The van der Waals surface area contributed by atoms with Gasteiger partial charge in [-0.05, 0) is 0 Å². The fourth-order valence-corrected chi connectivity index (χ4v) is 0.806. The van der Waals surface area contributed by atoms with Crippen molar-refractivity contribution in [2.45, 2.75) is 26.7 Å². The van der Waals surface area contributed by atoms with Gasteiger partial charge in [0.1, 0.15) is 0 Å². The molecule has 67 valence electrons. The van der Waals surface area contributed by atoms with Gasteiger partial charge in [-0.25, -0.2) is 12.3 Å². The summed E-state index contributed by atoms with van der Waals surface area (Å²) in [4.78, 5) is 0. The van der Waals surface area contributed by atoms with Crippen LogP contribution >= 0.6 is 0 Å². The maximum absolute atomic E-state index is 5.28. The summed E-state index contributed by atoms with van der Waals surface area (Å²) in [5.41, 5.74) is 5.28. The number of nitrogens with two attached hydrogens (primary N) is 1. The molecule has 1 radical (unpaired) electrons. The number of hydrogen-bond donors (Lipinski definition) is 1. The van der Waals surface area contributed by atoms with Crippen LogP contribution in [0.4, 0.5) is 0 Å². The van der Waals surface area contributed by atoms with Crippen LogP contribution < -0.4 is 5.73 Å². The van der Waals surface area contributed by atoms with E-state index >= 15 is 0 Å². The second-order valence-electron chi connectivity index (χ2n) is 2.53. The summed E-state index contributed by atoms with van der Waals surface area (Å²) < 4.78 is 0. The first-order valence-electron chi connectivity index (χ1n) is 3.35. The average molecular weight is 230 g/mol. The van der Waals surface area contributed by atoms with Crippen molar-refractivity contribution < 1.29 is 32.7 Å². The molecule has 2 heteroatoms. The van der Waals surface area contributed by atoms with E-state index in [0.29, 0.717) is 5.92 Å². The molecule has 11 heavy (non-hydrogen) atoms. The van der Waals surface area contributed by atoms with Gasteiger partial charge in [0.2, 0.25) is 0 Å². The van der Waals surface area contributed by atoms with E-state index in [1.165, 1.54) is 5.92 Å². The van der Waals surface area contributed by atoms with Crippen LogP contribution in [-0.4, -0.2) is 0 Å². The summed E-state index contributed by atoms with van der Waals surface area (Å²) >= 11 is 0. The monoisotopic (exact) mass is 230 g/mol. The summed E-state index contributed by atoms with van der Waals surface area (Å²) in [5.74, 6) is 2.02. The van der Waals surface area contributed by atoms with E-state index in [1.807, 2.05) is 0 Å². The fraction of sp³-hybridized carbons (Fsp3) is 0.556. The van der Waals surface area contributed by atoms with Gasteiger partial charge >= 0.3 is 0 Å². The van der Waals surface area contributed by atoms with E-state index < -0.39 is 0 Å². The van der Waals surface area contributed by atoms with Gasteiger partial charge in [-0.1, -0.05) is 0 Å². The Labute approximate surface area is 97.4 Å². The van der Waals surface area contributed by atoms with Crippen molar-refractivity contribution in [2.24, 2.45) is 11.7 Å². The van der Waals surface area contributed by atoms with Gasteiger partial charge in [0.25, 0.3) is 0 Å². The van der Waals surface area contributed by atoms with Crippen LogP contribution in [-0.2, 0) is 32.7 Å². The molecule has 0 bridgehead atoms. The van der Waals surface area contributed by atoms with Gasteiger partial charge in [-0.15, -0.1) is 0 Å². The molecule has 0 aromatic heterocycles. The Balaban J connectivity index is -0.000000320. The van der Waals surface area contributed by atoms with Crippen LogP contribution in [0.2, 0.25) is 0 Å². The van der Waals surface area contributed by atoms with Crippen LogP contribution in [0.3, 0.4) is 0 Å². The molecule has 1 atom stereocenters. The van der Waals surface area contributed by atoms with E-state index in [9.17, 15) is 0 Å².